The van der Waals surface area contributed by atoms with Crippen LogP contribution in [0.25, 0.3) is 0 Å². The van der Waals surface area contributed by atoms with Gasteiger partial charge in [-0.3, -0.25) is 0 Å². The summed E-state index contributed by atoms with van der Waals surface area (Å²) in [6.45, 7) is 2.60. The molecule has 3 aromatic heterocycles. The number of halogens is 11. The Kier molecular flexibility index (Phi) is 29.2. The van der Waals surface area contributed by atoms with Gasteiger partial charge >= 0.3 is 48.7 Å². The first-order valence-electron chi connectivity index (χ1n) is 19.1. The predicted octanol–water partition coefficient (Wildman–Crippen LogP) is 3.61. The van der Waals surface area contributed by atoms with Gasteiger partial charge in [-0.2, -0.15) is 58.7 Å². The zero-order chi connectivity index (χ0) is 52.4. The maximum absolute atomic E-state index is 12.8. The summed E-state index contributed by atoms with van der Waals surface area (Å²) in [7, 11) is 3.79. The molecular weight excluding hydrogens is 1020 g/mol. The Labute approximate surface area is 402 Å². The van der Waals surface area contributed by atoms with Crippen LogP contribution in [0.15, 0.2) is 48.5 Å². The van der Waals surface area contributed by atoms with Crippen LogP contribution in [-0.4, -0.2) is 149 Å². The fourth-order valence-corrected chi connectivity index (χ4v) is 5.61. The number of aliphatic hydroxyl groups is 1. The Bertz CT molecular complexity index is 2130. The summed E-state index contributed by atoms with van der Waals surface area (Å²) >= 11 is 5.24. The second kappa shape index (κ2) is 32.0. The zero-order valence-electron chi connectivity index (χ0n) is 36.6. The summed E-state index contributed by atoms with van der Waals surface area (Å²) in [5.41, 5.74) is -2.74. The molecule has 6 rings (SSSR count). The van der Waals surface area contributed by atoms with Crippen molar-refractivity contribution in [1.82, 2.24) is 20.3 Å². The summed E-state index contributed by atoms with van der Waals surface area (Å²) in [5.74, 6) is -1.30. The molecule has 390 valence electrons. The van der Waals surface area contributed by atoms with Gasteiger partial charge < -0.3 is 48.6 Å². The standard InChI is InChI=1S/C13H15F3N2O4.C12H13F3N2O3.C6H3ClF3N.C6H11NO3.2CO2.ClH/c1-21-12(20)9-6-18(4-5-22-9)11-8(7-19)2-3-10(17-11)13(14,15)16;1-19-11(18)8-7-17(5-6-20-8)10-4-2-3-9(16-10)12(13,14)15;7-5-3-1-2-4(11-5)6(8,9)10;1-9-6(8)5-4-7-2-3-10-5;2*2-1-3;/h2-3,9,19H,4-7H2,1H3;2-4,8H,5-7H2,1H3;1-3H;5,7H,2-4H2,1H3;;;1H/t9-;8-;;5-;;;/m00.0.../s1. The molecular formula is C39H43Cl2F9N6O14. The highest BCUT2D eigenvalue weighted by Gasteiger charge is 2.36. The molecule has 0 aromatic carbocycles. The number of aliphatic hydroxyl groups excluding tert-OH is 1. The van der Waals surface area contributed by atoms with Crippen LogP contribution in [0, 0.1) is 0 Å². The summed E-state index contributed by atoms with van der Waals surface area (Å²) in [4.78, 5) is 79.5. The van der Waals surface area contributed by atoms with Gasteiger partial charge in [-0.05, 0) is 30.3 Å². The van der Waals surface area contributed by atoms with Gasteiger partial charge in [0.2, 0.25) is 0 Å². The first-order valence-corrected chi connectivity index (χ1v) is 19.5. The van der Waals surface area contributed by atoms with Gasteiger partial charge in [0.25, 0.3) is 0 Å². The molecule has 0 spiro atoms. The molecule has 2 N–H and O–H groups in total. The van der Waals surface area contributed by atoms with E-state index in [1.165, 1.54) is 56.6 Å². The number of methoxy groups -OCH3 is 3. The van der Waals surface area contributed by atoms with Gasteiger partial charge in [0.15, 0.2) is 18.3 Å². The third-order valence-electron chi connectivity index (χ3n) is 8.52. The lowest BCUT2D eigenvalue weighted by molar-refractivity contribution is -0.193. The van der Waals surface area contributed by atoms with Crippen molar-refractivity contribution < 1.29 is 107 Å². The van der Waals surface area contributed by atoms with Crippen molar-refractivity contribution in [2.24, 2.45) is 0 Å². The van der Waals surface area contributed by atoms with E-state index in [4.69, 9.17) is 45.0 Å². The van der Waals surface area contributed by atoms with Crippen molar-refractivity contribution in [3.8, 4) is 0 Å². The maximum Gasteiger partial charge on any atom is 0.433 e. The van der Waals surface area contributed by atoms with Crippen molar-refractivity contribution >= 4 is 65.9 Å². The van der Waals surface area contributed by atoms with E-state index in [1.807, 2.05) is 0 Å². The Morgan fingerprint density at radius 1 is 0.671 bits per heavy atom. The number of nitrogens with zero attached hydrogens (tertiary/aromatic N) is 5. The molecule has 3 atom stereocenters. The molecule has 0 radical (unpaired) electrons. The van der Waals surface area contributed by atoms with Crippen LogP contribution in [0.1, 0.15) is 22.6 Å². The molecule has 0 unspecified atom stereocenters. The topological polar surface area (TPSA) is 252 Å². The molecule has 0 saturated carbocycles. The maximum atomic E-state index is 12.8. The van der Waals surface area contributed by atoms with Gasteiger partial charge in [0, 0.05) is 31.7 Å². The highest BCUT2D eigenvalue weighted by molar-refractivity contribution is 6.29. The van der Waals surface area contributed by atoms with Gasteiger partial charge in [-0.15, -0.1) is 12.4 Å². The van der Waals surface area contributed by atoms with Crippen molar-refractivity contribution in [2.45, 2.75) is 43.4 Å². The number of carbonyl (C=O) groups is 3. The second-order valence-electron chi connectivity index (χ2n) is 13.0. The Morgan fingerprint density at radius 3 is 1.53 bits per heavy atom. The average Bonchev–Trinajstić information content (AvgIpc) is 3.33. The quantitative estimate of drug-likeness (QED) is 0.155. The first-order chi connectivity index (χ1) is 32.4. The Hall–Kier alpha value is -6.03. The lowest BCUT2D eigenvalue weighted by Crippen LogP contribution is -2.47. The summed E-state index contributed by atoms with van der Waals surface area (Å²) in [6.07, 6.45) is -15.1. The minimum absolute atomic E-state index is 0. The highest BCUT2D eigenvalue weighted by atomic mass is 35.5. The van der Waals surface area contributed by atoms with Crippen LogP contribution in [0.4, 0.5) is 51.1 Å². The van der Waals surface area contributed by atoms with E-state index in [0.717, 1.165) is 24.7 Å². The van der Waals surface area contributed by atoms with E-state index in [9.17, 15) is 59.0 Å². The van der Waals surface area contributed by atoms with Crippen molar-refractivity contribution in [3.63, 3.8) is 0 Å². The Morgan fingerprint density at radius 2 is 1.10 bits per heavy atom. The van der Waals surface area contributed by atoms with Gasteiger partial charge in [-0.1, -0.05) is 29.8 Å². The summed E-state index contributed by atoms with van der Waals surface area (Å²) < 4.78 is 141. The minimum Gasteiger partial charge on any atom is -0.467 e. The SMILES string of the molecule is COC(=O)[C@@H]1CN(c2cccc(C(F)(F)F)n2)CCO1.COC(=O)[C@@H]1CN(c2nc(C(F)(F)F)ccc2CO)CCO1.COC(=O)[C@@H]1CNCCO1.Cl.FC(F)(F)c1cccc(Cl)n1.O=C=O.O=C=O. The van der Waals surface area contributed by atoms with Gasteiger partial charge in [0.1, 0.15) is 33.9 Å². The number of anilines is 2. The zero-order valence-corrected chi connectivity index (χ0v) is 38.2. The van der Waals surface area contributed by atoms with Crippen molar-refractivity contribution in [2.75, 3.05) is 90.2 Å². The number of rotatable bonds is 6. The fourth-order valence-electron chi connectivity index (χ4n) is 5.45. The number of aromatic nitrogens is 3. The normalized spacial score (nSPS) is 17.4. The Balaban J connectivity index is 0.000000905. The molecule has 3 aliphatic rings. The molecule has 3 fully saturated rings. The number of hydrogen-bond acceptors (Lipinski definition) is 20. The molecule has 0 bridgehead atoms. The van der Waals surface area contributed by atoms with Crippen LogP contribution in [0.3, 0.4) is 0 Å². The number of carbonyl (C=O) groups excluding carboxylic acids is 7. The summed E-state index contributed by atoms with van der Waals surface area (Å²) in [5, 5.41) is 12.2. The molecule has 3 aliphatic heterocycles. The van der Waals surface area contributed by atoms with E-state index in [0.29, 0.717) is 19.7 Å². The molecule has 6 heterocycles. The minimum atomic E-state index is -4.59. The van der Waals surface area contributed by atoms with Gasteiger partial charge in [-0.25, -0.2) is 29.3 Å². The van der Waals surface area contributed by atoms with Crippen LogP contribution in [-0.2, 0) is 87.1 Å². The molecule has 0 aliphatic carbocycles. The number of alkyl halides is 9. The third kappa shape index (κ3) is 22.6. The largest absolute Gasteiger partial charge is 0.467 e. The second-order valence-corrected chi connectivity index (χ2v) is 13.4. The number of pyridine rings is 3. The van der Waals surface area contributed by atoms with Crippen LogP contribution >= 0.6 is 24.0 Å². The molecule has 0 amide bonds. The van der Waals surface area contributed by atoms with E-state index in [-0.39, 0.29) is 85.9 Å². The van der Waals surface area contributed by atoms with Crippen LogP contribution in [0.2, 0.25) is 5.15 Å². The number of nitrogens with one attached hydrogen (secondary N) is 1. The van der Waals surface area contributed by atoms with Crippen molar-refractivity contribution in [3.05, 3.63) is 76.3 Å². The molecule has 3 aromatic rings. The molecule has 3 saturated heterocycles. The lowest BCUT2D eigenvalue weighted by Gasteiger charge is -2.33. The number of morpholine rings is 3. The number of esters is 3. The molecule has 31 heteroatoms. The summed E-state index contributed by atoms with van der Waals surface area (Å²) in [6, 6.07) is 9.01. The first kappa shape index (κ1) is 64.0. The monoisotopic (exact) mass is 1060 g/mol. The average molecular weight is 1060 g/mol. The van der Waals surface area contributed by atoms with Crippen LogP contribution in [0.5, 0.6) is 0 Å². The van der Waals surface area contributed by atoms with Crippen molar-refractivity contribution in [1.29, 1.82) is 0 Å². The predicted molar refractivity (Wildman–Crippen MR) is 218 cm³/mol. The fraction of sp³-hybridized carbons (Fsp3) is 0.487. The lowest BCUT2D eigenvalue weighted by atomic mass is 10.2. The van der Waals surface area contributed by atoms with E-state index < -0.39 is 72.5 Å². The van der Waals surface area contributed by atoms with Crippen LogP contribution < -0.4 is 15.1 Å². The highest BCUT2D eigenvalue weighted by Crippen LogP contribution is 2.32. The van der Waals surface area contributed by atoms with Gasteiger partial charge in [0.05, 0.1) is 60.8 Å². The molecule has 70 heavy (non-hydrogen) atoms. The van der Waals surface area contributed by atoms with E-state index in [1.54, 1.807) is 4.90 Å². The third-order valence-corrected chi connectivity index (χ3v) is 8.73. The smallest absolute Gasteiger partial charge is 0.433 e. The van der Waals surface area contributed by atoms with E-state index in [2.05, 4.69) is 34.5 Å². The molecule has 20 nitrogen and oxygen atoms in total. The van der Waals surface area contributed by atoms with E-state index >= 15 is 0 Å². The number of hydrogen-bond donors (Lipinski definition) is 2. The number of ether oxygens (including phenoxy) is 6.